The molecule has 3 aromatic heterocycles. The molecule has 7 heteroatoms. The van der Waals surface area contributed by atoms with E-state index in [0.717, 1.165) is 47.6 Å². The number of benzene rings is 1. The SMILES string of the molecule is Cc1ccc(-n2ncc3c2ncn2c([C@@H]4CCCO4)nnc32)cc1. The lowest BCUT2D eigenvalue weighted by atomic mass is 10.2. The summed E-state index contributed by atoms with van der Waals surface area (Å²) in [5, 5.41) is 14.1. The number of hydrogen-bond donors (Lipinski definition) is 0. The van der Waals surface area contributed by atoms with Crippen molar-refractivity contribution in [2.24, 2.45) is 0 Å². The van der Waals surface area contributed by atoms with Gasteiger partial charge in [0, 0.05) is 6.61 Å². The molecule has 1 atom stereocenters. The van der Waals surface area contributed by atoms with E-state index in [-0.39, 0.29) is 6.10 Å². The zero-order valence-corrected chi connectivity index (χ0v) is 13.3. The van der Waals surface area contributed by atoms with Crippen LogP contribution in [0.4, 0.5) is 0 Å². The maximum Gasteiger partial charge on any atom is 0.174 e. The van der Waals surface area contributed by atoms with Crippen molar-refractivity contribution < 1.29 is 4.74 Å². The van der Waals surface area contributed by atoms with Gasteiger partial charge in [-0.25, -0.2) is 9.67 Å². The van der Waals surface area contributed by atoms with Gasteiger partial charge in [-0.1, -0.05) is 17.7 Å². The fourth-order valence-corrected chi connectivity index (χ4v) is 3.21. The predicted molar refractivity (Wildman–Crippen MR) is 88.1 cm³/mol. The van der Waals surface area contributed by atoms with Crippen LogP contribution in [0.2, 0.25) is 0 Å². The molecule has 1 aliphatic rings. The fourth-order valence-electron chi connectivity index (χ4n) is 3.21. The predicted octanol–water partition coefficient (Wildman–Crippen LogP) is 2.62. The van der Waals surface area contributed by atoms with Crippen molar-refractivity contribution in [3.8, 4) is 5.69 Å². The molecule has 0 spiro atoms. The summed E-state index contributed by atoms with van der Waals surface area (Å²) in [5.74, 6) is 0.819. The van der Waals surface area contributed by atoms with Crippen LogP contribution in [0.1, 0.15) is 30.3 Å². The van der Waals surface area contributed by atoms with Crippen LogP contribution in [0, 0.1) is 6.92 Å². The molecular formula is C17H16N6O. The highest BCUT2D eigenvalue weighted by Gasteiger charge is 2.24. The van der Waals surface area contributed by atoms with Crippen LogP contribution in [0.15, 0.2) is 36.8 Å². The summed E-state index contributed by atoms with van der Waals surface area (Å²) in [6, 6.07) is 8.20. The maximum absolute atomic E-state index is 5.73. The quantitative estimate of drug-likeness (QED) is 0.568. The summed E-state index contributed by atoms with van der Waals surface area (Å²) in [6.45, 7) is 2.84. The highest BCUT2D eigenvalue weighted by molar-refractivity contribution is 5.89. The highest BCUT2D eigenvalue weighted by atomic mass is 16.5. The van der Waals surface area contributed by atoms with Gasteiger partial charge in [0.1, 0.15) is 12.4 Å². The molecule has 24 heavy (non-hydrogen) atoms. The van der Waals surface area contributed by atoms with Gasteiger partial charge in [-0.2, -0.15) is 5.10 Å². The molecule has 120 valence electrons. The van der Waals surface area contributed by atoms with Gasteiger partial charge < -0.3 is 4.74 Å². The molecule has 4 heterocycles. The van der Waals surface area contributed by atoms with E-state index in [4.69, 9.17) is 4.74 Å². The lowest BCUT2D eigenvalue weighted by Crippen LogP contribution is -2.04. The van der Waals surface area contributed by atoms with Gasteiger partial charge in [0.15, 0.2) is 17.1 Å². The Morgan fingerprint density at radius 1 is 1.12 bits per heavy atom. The van der Waals surface area contributed by atoms with E-state index < -0.39 is 0 Å². The number of aryl methyl sites for hydroxylation is 1. The van der Waals surface area contributed by atoms with Crippen LogP contribution < -0.4 is 0 Å². The first-order valence-electron chi connectivity index (χ1n) is 8.07. The molecule has 0 unspecified atom stereocenters. The minimum Gasteiger partial charge on any atom is -0.370 e. The molecule has 1 aliphatic heterocycles. The molecule has 0 N–H and O–H groups in total. The van der Waals surface area contributed by atoms with Crippen LogP contribution >= 0.6 is 0 Å². The normalized spacial score (nSPS) is 18.0. The van der Waals surface area contributed by atoms with Crippen molar-refractivity contribution in [3.05, 3.63) is 48.2 Å². The maximum atomic E-state index is 5.73. The van der Waals surface area contributed by atoms with E-state index >= 15 is 0 Å². The smallest absolute Gasteiger partial charge is 0.174 e. The zero-order chi connectivity index (χ0) is 16.1. The van der Waals surface area contributed by atoms with Crippen LogP contribution in [0.25, 0.3) is 22.4 Å². The largest absolute Gasteiger partial charge is 0.370 e. The fraction of sp³-hybridized carbons (Fsp3) is 0.294. The number of nitrogens with zero attached hydrogens (tertiary/aromatic N) is 6. The van der Waals surface area contributed by atoms with Crippen LogP contribution in [-0.4, -0.2) is 36.0 Å². The lowest BCUT2D eigenvalue weighted by Gasteiger charge is -2.07. The van der Waals surface area contributed by atoms with Gasteiger partial charge in [-0.05, 0) is 31.9 Å². The number of aromatic nitrogens is 6. The highest BCUT2D eigenvalue weighted by Crippen LogP contribution is 2.29. The zero-order valence-electron chi connectivity index (χ0n) is 13.3. The Morgan fingerprint density at radius 2 is 2.00 bits per heavy atom. The average Bonchev–Trinajstić information content (AvgIpc) is 3.33. The molecule has 4 aromatic rings. The van der Waals surface area contributed by atoms with E-state index in [0.29, 0.717) is 0 Å². The Bertz CT molecular complexity index is 1030. The van der Waals surface area contributed by atoms with Gasteiger partial charge in [0.2, 0.25) is 0 Å². The minimum atomic E-state index is 0.00592. The van der Waals surface area contributed by atoms with Crippen molar-refractivity contribution in [1.29, 1.82) is 0 Å². The van der Waals surface area contributed by atoms with E-state index in [9.17, 15) is 0 Å². The monoisotopic (exact) mass is 320 g/mol. The third-order valence-electron chi connectivity index (χ3n) is 4.50. The Balaban J connectivity index is 1.68. The summed E-state index contributed by atoms with van der Waals surface area (Å²) in [7, 11) is 0. The summed E-state index contributed by atoms with van der Waals surface area (Å²) in [6.07, 6.45) is 5.60. The Labute approximate surface area is 137 Å². The molecule has 0 aliphatic carbocycles. The molecule has 1 saturated heterocycles. The molecule has 7 nitrogen and oxygen atoms in total. The third-order valence-corrected chi connectivity index (χ3v) is 4.50. The molecular weight excluding hydrogens is 304 g/mol. The van der Waals surface area contributed by atoms with Crippen molar-refractivity contribution in [2.75, 3.05) is 6.61 Å². The van der Waals surface area contributed by atoms with Gasteiger partial charge >= 0.3 is 0 Å². The van der Waals surface area contributed by atoms with E-state index in [1.807, 2.05) is 21.2 Å². The summed E-state index contributed by atoms with van der Waals surface area (Å²) in [5.41, 5.74) is 3.73. The minimum absolute atomic E-state index is 0.00592. The second-order valence-electron chi connectivity index (χ2n) is 6.13. The standard InChI is InChI=1S/C17H16N6O/c1-11-4-6-12(7-5-11)23-15-13(9-19-23)16-20-21-17(22(16)10-18-15)14-3-2-8-24-14/h4-7,9-10,14H,2-3,8H2,1H3/t14-/m0/s1. The molecule has 0 saturated carbocycles. The van der Waals surface area contributed by atoms with Crippen LogP contribution in [0.3, 0.4) is 0 Å². The van der Waals surface area contributed by atoms with Crippen molar-refractivity contribution in [2.45, 2.75) is 25.9 Å². The molecule has 0 bridgehead atoms. The van der Waals surface area contributed by atoms with E-state index in [2.05, 4.69) is 39.3 Å². The summed E-state index contributed by atoms with van der Waals surface area (Å²) < 4.78 is 9.48. The van der Waals surface area contributed by atoms with E-state index in [1.54, 1.807) is 12.5 Å². The van der Waals surface area contributed by atoms with Crippen molar-refractivity contribution in [1.82, 2.24) is 29.4 Å². The topological polar surface area (TPSA) is 70.1 Å². The number of hydrogen-bond acceptors (Lipinski definition) is 5. The molecule has 1 fully saturated rings. The third kappa shape index (κ3) is 1.94. The Hall–Kier alpha value is -2.80. The molecule has 1 aromatic carbocycles. The molecule has 5 rings (SSSR count). The van der Waals surface area contributed by atoms with Crippen LogP contribution in [-0.2, 0) is 4.74 Å². The Morgan fingerprint density at radius 3 is 2.79 bits per heavy atom. The second-order valence-corrected chi connectivity index (χ2v) is 6.13. The van der Waals surface area contributed by atoms with Gasteiger partial charge in [-0.15, -0.1) is 10.2 Å². The number of ether oxygens (including phenoxy) is 1. The van der Waals surface area contributed by atoms with Gasteiger partial charge in [-0.3, -0.25) is 4.40 Å². The molecule has 0 radical (unpaired) electrons. The second kappa shape index (κ2) is 5.10. The first kappa shape index (κ1) is 13.6. The van der Waals surface area contributed by atoms with Gasteiger partial charge in [0.25, 0.3) is 0 Å². The average molecular weight is 320 g/mol. The van der Waals surface area contributed by atoms with Crippen molar-refractivity contribution in [3.63, 3.8) is 0 Å². The lowest BCUT2D eigenvalue weighted by molar-refractivity contribution is 0.104. The van der Waals surface area contributed by atoms with Gasteiger partial charge in [0.05, 0.1) is 17.3 Å². The Kier molecular flexibility index (Phi) is 2.90. The van der Waals surface area contributed by atoms with Crippen LogP contribution in [0.5, 0.6) is 0 Å². The van der Waals surface area contributed by atoms with Crippen molar-refractivity contribution >= 4 is 16.7 Å². The number of fused-ring (bicyclic) bond motifs is 3. The summed E-state index contributed by atoms with van der Waals surface area (Å²) in [4.78, 5) is 4.60. The summed E-state index contributed by atoms with van der Waals surface area (Å²) >= 11 is 0. The molecule has 0 amide bonds. The number of rotatable bonds is 2. The first-order valence-corrected chi connectivity index (χ1v) is 8.07. The first-order chi connectivity index (χ1) is 11.8. The van der Waals surface area contributed by atoms with E-state index in [1.165, 1.54) is 5.56 Å².